The first-order chi connectivity index (χ1) is 9.63. The van der Waals surface area contributed by atoms with Crippen molar-refractivity contribution in [3.05, 3.63) is 58.4 Å². The Bertz CT molecular complexity index is 667. The number of ether oxygens (including phenoxy) is 1. The lowest BCUT2D eigenvalue weighted by Crippen LogP contribution is -2.03. The lowest BCUT2D eigenvalue weighted by atomic mass is 10.1. The molecule has 102 valence electrons. The number of hydrogen-bond acceptors (Lipinski definition) is 3. The molecule has 20 heavy (non-hydrogen) atoms. The largest absolute Gasteiger partial charge is 0.496 e. The van der Waals surface area contributed by atoms with Gasteiger partial charge in [0.25, 0.3) is 0 Å². The number of nitrogens with one attached hydrogen (secondary N) is 1. The van der Waals surface area contributed by atoms with Gasteiger partial charge in [0.15, 0.2) is 0 Å². The molecule has 0 heterocycles. The minimum atomic E-state index is -0.366. The fourth-order valence-corrected chi connectivity index (χ4v) is 1.99. The fraction of sp³-hybridized carbons (Fsp3) is 0.133. The number of anilines is 1. The summed E-state index contributed by atoms with van der Waals surface area (Å²) in [5.74, 6) is 0.290. The van der Waals surface area contributed by atoms with Crippen molar-refractivity contribution in [2.24, 2.45) is 0 Å². The third-order valence-corrected chi connectivity index (χ3v) is 3.14. The summed E-state index contributed by atoms with van der Waals surface area (Å²) in [5.41, 5.74) is 1.83. The van der Waals surface area contributed by atoms with E-state index in [2.05, 4.69) is 11.4 Å². The van der Waals surface area contributed by atoms with Gasteiger partial charge in [0.1, 0.15) is 11.6 Å². The molecule has 0 unspecified atom stereocenters. The molecule has 1 N–H and O–H groups in total. The van der Waals surface area contributed by atoms with Gasteiger partial charge in [-0.2, -0.15) is 5.26 Å². The van der Waals surface area contributed by atoms with E-state index in [4.69, 9.17) is 21.6 Å². The highest BCUT2D eigenvalue weighted by atomic mass is 35.5. The van der Waals surface area contributed by atoms with Gasteiger partial charge < -0.3 is 10.1 Å². The molecule has 0 saturated carbocycles. The van der Waals surface area contributed by atoms with Crippen LogP contribution >= 0.6 is 11.6 Å². The predicted octanol–water partition coefficient (Wildman–Crippen LogP) is 3.97. The molecule has 5 heteroatoms. The van der Waals surface area contributed by atoms with Crippen LogP contribution in [0.2, 0.25) is 5.02 Å². The molecule has 2 aromatic rings. The minimum absolute atomic E-state index is 0.366. The van der Waals surface area contributed by atoms with Crippen molar-refractivity contribution < 1.29 is 9.13 Å². The molecule has 0 spiro atoms. The molecule has 0 atom stereocenters. The average molecular weight is 291 g/mol. The first-order valence-electron chi connectivity index (χ1n) is 5.90. The Hall–Kier alpha value is -2.25. The first-order valence-corrected chi connectivity index (χ1v) is 6.28. The van der Waals surface area contributed by atoms with Crippen molar-refractivity contribution >= 4 is 17.3 Å². The van der Waals surface area contributed by atoms with Crippen molar-refractivity contribution in [1.29, 1.82) is 5.26 Å². The summed E-state index contributed by atoms with van der Waals surface area (Å²) in [6.45, 7) is 0.377. The van der Waals surface area contributed by atoms with E-state index >= 15 is 0 Å². The molecular weight excluding hydrogens is 279 g/mol. The number of nitriles is 1. The predicted molar refractivity (Wildman–Crippen MR) is 76.4 cm³/mol. The van der Waals surface area contributed by atoms with Crippen molar-refractivity contribution in [2.45, 2.75) is 6.54 Å². The van der Waals surface area contributed by atoms with Crippen LogP contribution in [0.1, 0.15) is 11.1 Å². The second kappa shape index (κ2) is 6.27. The van der Waals surface area contributed by atoms with Crippen LogP contribution in [0.25, 0.3) is 0 Å². The van der Waals surface area contributed by atoms with E-state index in [0.29, 0.717) is 28.6 Å². The van der Waals surface area contributed by atoms with E-state index in [1.807, 2.05) is 0 Å². The molecule has 0 saturated heterocycles. The van der Waals surface area contributed by atoms with Gasteiger partial charge in [0.2, 0.25) is 0 Å². The van der Waals surface area contributed by atoms with Crippen molar-refractivity contribution in [2.75, 3.05) is 12.4 Å². The molecule has 0 aromatic heterocycles. The van der Waals surface area contributed by atoms with Gasteiger partial charge in [-0.1, -0.05) is 11.6 Å². The maximum Gasteiger partial charge on any atom is 0.125 e. The van der Waals surface area contributed by atoms with E-state index in [9.17, 15) is 4.39 Å². The number of methoxy groups -OCH3 is 1. The summed E-state index contributed by atoms with van der Waals surface area (Å²) >= 11 is 5.98. The first kappa shape index (κ1) is 14.2. The highest BCUT2D eigenvalue weighted by molar-refractivity contribution is 6.33. The van der Waals surface area contributed by atoms with Gasteiger partial charge in [-0.25, -0.2) is 4.39 Å². The van der Waals surface area contributed by atoms with Crippen LogP contribution in [0.3, 0.4) is 0 Å². The molecule has 0 bridgehead atoms. The molecule has 0 aliphatic heterocycles. The van der Waals surface area contributed by atoms with E-state index in [0.717, 1.165) is 5.56 Å². The number of benzene rings is 2. The highest BCUT2D eigenvalue weighted by Crippen LogP contribution is 2.25. The maximum atomic E-state index is 13.2. The topological polar surface area (TPSA) is 45.0 Å². The molecule has 0 fully saturated rings. The van der Waals surface area contributed by atoms with Gasteiger partial charge in [0, 0.05) is 12.1 Å². The second-order valence-corrected chi connectivity index (χ2v) is 4.52. The minimum Gasteiger partial charge on any atom is -0.496 e. The normalized spacial score (nSPS) is 9.90. The van der Waals surface area contributed by atoms with E-state index in [1.54, 1.807) is 25.3 Å². The number of rotatable bonds is 4. The summed E-state index contributed by atoms with van der Waals surface area (Å²) in [5, 5.41) is 12.4. The Labute approximate surface area is 121 Å². The van der Waals surface area contributed by atoms with Crippen LogP contribution < -0.4 is 10.1 Å². The highest BCUT2D eigenvalue weighted by Gasteiger charge is 2.06. The van der Waals surface area contributed by atoms with Crippen LogP contribution in [0.15, 0.2) is 36.4 Å². The Morgan fingerprint density at radius 1 is 1.30 bits per heavy atom. The SMILES string of the molecule is COc1ccc(C#N)cc1CNc1cc(F)ccc1Cl. The van der Waals surface area contributed by atoms with E-state index < -0.39 is 0 Å². The van der Waals surface area contributed by atoms with E-state index in [1.165, 1.54) is 18.2 Å². The quantitative estimate of drug-likeness (QED) is 0.926. The molecule has 0 aliphatic rings. The zero-order valence-electron chi connectivity index (χ0n) is 10.8. The van der Waals surface area contributed by atoms with Crippen LogP contribution in [0.4, 0.5) is 10.1 Å². The van der Waals surface area contributed by atoms with Gasteiger partial charge in [-0.05, 0) is 36.4 Å². The molecule has 2 rings (SSSR count). The Morgan fingerprint density at radius 3 is 2.80 bits per heavy atom. The van der Waals surface area contributed by atoms with Gasteiger partial charge in [0.05, 0.1) is 29.5 Å². The molecular formula is C15H12ClFN2O. The van der Waals surface area contributed by atoms with Crippen LogP contribution in [0, 0.1) is 17.1 Å². The maximum absolute atomic E-state index is 13.2. The Kier molecular flexibility index (Phi) is 4.44. The smallest absolute Gasteiger partial charge is 0.125 e. The lowest BCUT2D eigenvalue weighted by molar-refractivity contribution is 0.410. The molecule has 2 aromatic carbocycles. The van der Waals surface area contributed by atoms with Gasteiger partial charge in [-0.15, -0.1) is 0 Å². The molecule has 0 amide bonds. The van der Waals surface area contributed by atoms with Crippen LogP contribution in [0.5, 0.6) is 5.75 Å². The van der Waals surface area contributed by atoms with Crippen molar-refractivity contribution in [3.8, 4) is 11.8 Å². The zero-order chi connectivity index (χ0) is 14.5. The number of nitrogens with zero attached hydrogens (tertiary/aromatic N) is 1. The average Bonchev–Trinajstić information content (AvgIpc) is 2.47. The third-order valence-electron chi connectivity index (χ3n) is 2.81. The summed E-state index contributed by atoms with van der Waals surface area (Å²) in [4.78, 5) is 0. The summed E-state index contributed by atoms with van der Waals surface area (Å²) in [6, 6.07) is 11.3. The number of hydrogen-bond donors (Lipinski definition) is 1. The van der Waals surface area contributed by atoms with Crippen molar-refractivity contribution in [1.82, 2.24) is 0 Å². The molecule has 0 radical (unpaired) electrons. The number of halogens is 2. The van der Waals surface area contributed by atoms with Crippen molar-refractivity contribution in [3.63, 3.8) is 0 Å². The van der Waals surface area contributed by atoms with Gasteiger partial charge >= 0.3 is 0 Å². The summed E-state index contributed by atoms with van der Waals surface area (Å²) in [6.07, 6.45) is 0. The zero-order valence-corrected chi connectivity index (χ0v) is 11.5. The summed E-state index contributed by atoms with van der Waals surface area (Å²) in [7, 11) is 1.56. The fourth-order valence-electron chi connectivity index (χ4n) is 1.81. The third kappa shape index (κ3) is 3.19. The van der Waals surface area contributed by atoms with Crippen LogP contribution in [-0.4, -0.2) is 7.11 Å². The van der Waals surface area contributed by atoms with Gasteiger partial charge in [-0.3, -0.25) is 0 Å². The Morgan fingerprint density at radius 2 is 2.10 bits per heavy atom. The van der Waals surface area contributed by atoms with Crippen LogP contribution in [-0.2, 0) is 6.54 Å². The summed E-state index contributed by atoms with van der Waals surface area (Å²) < 4.78 is 18.4. The molecule has 0 aliphatic carbocycles. The van der Waals surface area contributed by atoms with E-state index in [-0.39, 0.29) is 5.82 Å². The standard InChI is InChI=1S/C15H12ClFN2O/c1-20-15-5-2-10(8-18)6-11(15)9-19-14-7-12(17)3-4-13(14)16/h2-7,19H,9H2,1H3. The monoisotopic (exact) mass is 290 g/mol. The second-order valence-electron chi connectivity index (χ2n) is 4.12. The lowest BCUT2D eigenvalue weighted by Gasteiger charge is -2.12. The Balaban J connectivity index is 2.22. The molecule has 3 nitrogen and oxygen atoms in total.